The van der Waals surface area contributed by atoms with Crippen LogP contribution in [-0.2, 0) is 10.0 Å². The van der Waals surface area contributed by atoms with Gasteiger partial charge < -0.3 is 4.42 Å². The molecular formula is C24H22N2O3S. The Balaban J connectivity index is 1.57. The molecule has 0 atom stereocenters. The van der Waals surface area contributed by atoms with Gasteiger partial charge >= 0.3 is 0 Å². The maximum Gasteiger partial charge on any atom is 0.261 e. The first-order valence-electron chi connectivity index (χ1n) is 9.66. The Labute approximate surface area is 176 Å². The molecule has 0 amide bonds. The summed E-state index contributed by atoms with van der Waals surface area (Å²) in [6.07, 6.45) is 1.60. The molecule has 0 aliphatic rings. The minimum absolute atomic E-state index is 0.222. The molecule has 3 aromatic carbocycles. The lowest BCUT2D eigenvalue weighted by Gasteiger charge is -2.10. The zero-order valence-electron chi connectivity index (χ0n) is 16.7. The highest BCUT2D eigenvalue weighted by atomic mass is 32.2. The molecule has 0 radical (unpaired) electrons. The van der Waals surface area contributed by atoms with Gasteiger partial charge in [-0.15, -0.1) is 0 Å². The van der Waals surface area contributed by atoms with E-state index in [2.05, 4.69) is 23.6 Å². The van der Waals surface area contributed by atoms with Crippen molar-refractivity contribution in [1.82, 2.24) is 4.98 Å². The smallest absolute Gasteiger partial charge is 0.261 e. The Bertz CT molecular complexity index is 1250. The van der Waals surface area contributed by atoms with Gasteiger partial charge in [0.25, 0.3) is 10.0 Å². The predicted molar refractivity (Wildman–Crippen MR) is 119 cm³/mol. The Morgan fingerprint density at radius 2 is 1.57 bits per heavy atom. The average molecular weight is 419 g/mol. The van der Waals surface area contributed by atoms with Crippen molar-refractivity contribution in [3.63, 3.8) is 0 Å². The first-order valence-corrected chi connectivity index (χ1v) is 11.1. The molecule has 0 saturated carbocycles. The Morgan fingerprint density at radius 3 is 2.27 bits per heavy atom. The van der Waals surface area contributed by atoms with E-state index in [1.54, 1.807) is 36.6 Å². The summed E-state index contributed by atoms with van der Waals surface area (Å²) in [4.78, 5) is 4.75. The minimum Gasteiger partial charge on any atom is -0.444 e. The third-order valence-corrected chi connectivity index (χ3v) is 6.19. The highest BCUT2D eigenvalue weighted by Crippen LogP contribution is 2.27. The maximum absolute atomic E-state index is 12.8. The highest BCUT2D eigenvalue weighted by molar-refractivity contribution is 7.92. The molecule has 1 heterocycles. The summed E-state index contributed by atoms with van der Waals surface area (Å²) < 4.78 is 33.8. The van der Waals surface area contributed by atoms with Crippen LogP contribution in [0.4, 0.5) is 5.69 Å². The average Bonchev–Trinajstić information content (AvgIpc) is 3.25. The minimum atomic E-state index is -3.69. The SMILES string of the molecule is CC(C)c1ccc(S(=O)(=O)Nc2cccc(-c3nc(-c4ccccc4)co3)c2)cc1. The van der Waals surface area contributed by atoms with E-state index in [1.807, 2.05) is 48.5 Å². The fraction of sp³-hybridized carbons (Fsp3) is 0.125. The number of nitrogens with one attached hydrogen (secondary N) is 1. The lowest BCUT2D eigenvalue weighted by Crippen LogP contribution is -2.13. The van der Waals surface area contributed by atoms with Crippen molar-refractivity contribution >= 4 is 15.7 Å². The van der Waals surface area contributed by atoms with Gasteiger partial charge in [0.2, 0.25) is 5.89 Å². The van der Waals surface area contributed by atoms with Crippen molar-refractivity contribution in [3.05, 3.63) is 90.7 Å². The molecule has 0 fully saturated rings. The molecule has 0 aliphatic carbocycles. The lowest BCUT2D eigenvalue weighted by molar-refractivity contribution is 0.575. The number of sulfonamides is 1. The van der Waals surface area contributed by atoms with Gasteiger partial charge in [-0.25, -0.2) is 13.4 Å². The van der Waals surface area contributed by atoms with Gasteiger partial charge in [0.15, 0.2) is 0 Å². The molecular weight excluding hydrogens is 396 g/mol. The van der Waals surface area contributed by atoms with Crippen molar-refractivity contribution < 1.29 is 12.8 Å². The summed E-state index contributed by atoms with van der Waals surface area (Å²) in [6, 6.07) is 23.7. The molecule has 152 valence electrons. The second-order valence-corrected chi connectivity index (χ2v) is 9.00. The normalized spacial score (nSPS) is 11.6. The van der Waals surface area contributed by atoms with Gasteiger partial charge in [0.1, 0.15) is 12.0 Å². The number of aromatic nitrogens is 1. The van der Waals surface area contributed by atoms with Gasteiger partial charge in [-0.3, -0.25) is 4.72 Å². The lowest BCUT2D eigenvalue weighted by atomic mass is 10.0. The fourth-order valence-corrected chi connectivity index (χ4v) is 4.16. The van der Waals surface area contributed by atoms with Crippen LogP contribution < -0.4 is 4.72 Å². The van der Waals surface area contributed by atoms with Crippen molar-refractivity contribution in [2.45, 2.75) is 24.7 Å². The van der Waals surface area contributed by atoms with Crippen molar-refractivity contribution in [2.75, 3.05) is 4.72 Å². The topological polar surface area (TPSA) is 72.2 Å². The second-order valence-electron chi connectivity index (χ2n) is 7.31. The number of rotatable bonds is 6. The van der Waals surface area contributed by atoms with Crippen LogP contribution in [-0.4, -0.2) is 13.4 Å². The standard InChI is InChI=1S/C24H22N2O3S/c1-17(2)18-11-13-22(14-12-18)30(27,28)26-21-10-6-9-20(15-21)24-25-23(16-29-24)19-7-4-3-5-8-19/h3-17,26H,1-2H3. The maximum atomic E-state index is 12.8. The van der Waals surface area contributed by atoms with Gasteiger partial charge in [-0.1, -0.05) is 62.4 Å². The van der Waals surface area contributed by atoms with Crippen molar-refractivity contribution in [2.24, 2.45) is 0 Å². The summed E-state index contributed by atoms with van der Waals surface area (Å²) in [7, 11) is -3.69. The van der Waals surface area contributed by atoms with Crippen LogP contribution >= 0.6 is 0 Å². The largest absolute Gasteiger partial charge is 0.444 e. The Kier molecular flexibility index (Phi) is 5.42. The molecule has 4 rings (SSSR count). The van der Waals surface area contributed by atoms with Crippen LogP contribution in [0.25, 0.3) is 22.7 Å². The number of hydrogen-bond acceptors (Lipinski definition) is 4. The Hall–Kier alpha value is -3.38. The molecule has 1 N–H and O–H groups in total. The molecule has 0 spiro atoms. The highest BCUT2D eigenvalue weighted by Gasteiger charge is 2.16. The van der Waals surface area contributed by atoms with Crippen LogP contribution in [0, 0.1) is 0 Å². The van der Waals surface area contributed by atoms with Gasteiger partial charge in [-0.05, 0) is 41.8 Å². The number of benzene rings is 3. The van der Waals surface area contributed by atoms with Crippen LogP contribution in [0.2, 0.25) is 0 Å². The number of hydrogen-bond donors (Lipinski definition) is 1. The molecule has 1 aromatic heterocycles. The third-order valence-electron chi connectivity index (χ3n) is 4.79. The summed E-state index contributed by atoms with van der Waals surface area (Å²) in [5, 5.41) is 0. The molecule has 0 bridgehead atoms. The second kappa shape index (κ2) is 8.16. The van der Waals surface area contributed by atoms with Crippen LogP contribution in [0.15, 0.2) is 94.4 Å². The quantitative estimate of drug-likeness (QED) is 0.421. The van der Waals surface area contributed by atoms with Crippen LogP contribution in [0.3, 0.4) is 0 Å². The van der Waals surface area contributed by atoms with Crippen LogP contribution in [0.1, 0.15) is 25.3 Å². The Morgan fingerprint density at radius 1 is 0.867 bits per heavy atom. The molecule has 30 heavy (non-hydrogen) atoms. The van der Waals surface area contributed by atoms with E-state index in [-0.39, 0.29) is 4.90 Å². The summed E-state index contributed by atoms with van der Waals surface area (Å²) in [5.41, 5.74) is 3.90. The molecule has 0 aliphatic heterocycles. The number of anilines is 1. The summed E-state index contributed by atoms with van der Waals surface area (Å²) in [5.74, 6) is 0.768. The van der Waals surface area contributed by atoms with Gasteiger partial charge in [0.05, 0.1) is 4.90 Å². The monoisotopic (exact) mass is 418 g/mol. The molecule has 0 saturated heterocycles. The van der Waals surface area contributed by atoms with Gasteiger partial charge in [-0.2, -0.15) is 0 Å². The number of oxazole rings is 1. The van der Waals surface area contributed by atoms with E-state index in [4.69, 9.17) is 4.42 Å². The summed E-state index contributed by atoms with van der Waals surface area (Å²) in [6.45, 7) is 4.14. The fourth-order valence-electron chi connectivity index (χ4n) is 3.11. The summed E-state index contributed by atoms with van der Waals surface area (Å²) >= 11 is 0. The molecule has 4 aromatic rings. The predicted octanol–water partition coefficient (Wildman–Crippen LogP) is 5.93. The zero-order chi connectivity index (χ0) is 21.1. The van der Waals surface area contributed by atoms with E-state index in [9.17, 15) is 8.42 Å². The van der Waals surface area contributed by atoms with E-state index in [0.717, 1.165) is 16.8 Å². The molecule has 0 unspecified atom stereocenters. The molecule has 5 nitrogen and oxygen atoms in total. The number of nitrogens with zero attached hydrogens (tertiary/aromatic N) is 1. The van der Waals surface area contributed by atoms with Gasteiger partial charge in [0, 0.05) is 16.8 Å². The molecule has 6 heteroatoms. The van der Waals surface area contributed by atoms with E-state index >= 15 is 0 Å². The first-order chi connectivity index (χ1) is 14.4. The van der Waals surface area contributed by atoms with Crippen molar-refractivity contribution in [1.29, 1.82) is 0 Å². The zero-order valence-corrected chi connectivity index (χ0v) is 17.6. The third kappa shape index (κ3) is 4.28. The van der Waals surface area contributed by atoms with E-state index in [0.29, 0.717) is 23.1 Å². The van der Waals surface area contributed by atoms with Crippen molar-refractivity contribution in [3.8, 4) is 22.7 Å². The van der Waals surface area contributed by atoms with Crippen LogP contribution in [0.5, 0.6) is 0 Å². The first kappa shape index (κ1) is 19.9. The van der Waals surface area contributed by atoms with E-state index in [1.165, 1.54) is 0 Å². The van der Waals surface area contributed by atoms with E-state index < -0.39 is 10.0 Å².